The Kier molecular flexibility index (Phi) is 6.67. The van der Waals surface area contributed by atoms with Gasteiger partial charge in [0.15, 0.2) is 0 Å². The van der Waals surface area contributed by atoms with E-state index in [-0.39, 0.29) is 35.5 Å². The van der Waals surface area contributed by atoms with Gasteiger partial charge in [-0.2, -0.15) is 0 Å². The van der Waals surface area contributed by atoms with Gasteiger partial charge < -0.3 is 9.90 Å². The summed E-state index contributed by atoms with van der Waals surface area (Å²) in [7, 11) is 0. The standard InChI is InChI=1S/C13H16ClNO2.Na/c14-12-3-1-10(2-4-12)9-15-7-5-11(6-8-15)13(16)17;/h1-4,11H,5-9H2,(H,16,17);/q;+1/p-1. The maximum absolute atomic E-state index is 10.7. The number of carbonyl (C=O) groups is 1. The van der Waals surface area contributed by atoms with E-state index in [1.165, 1.54) is 5.56 Å². The van der Waals surface area contributed by atoms with Crippen LogP contribution in [0.2, 0.25) is 5.02 Å². The SMILES string of the molecule is O=C([O-])C1CCN(Cc2ccc(Cl)cc2)CC1.[Na+]. The molecule has 2 rings (SSSR count). The Balaban J connectivity index is 0.00000162. The van der Waals surface area contributed by atoms with Crippen molar-refractivity contribution in [2.75, 3.05) is 13.1 Å². The molecule has 0 aliphatic carbocycles. The summed E-state index contributed by atoms with van der Waals surface area (Å²) in [6, 6.07) is 7.77. The van der Waals surface area contributed by atoms with Gasteiger partial charge in [-0.05, 0) is 43.6 Å². The number of piperidine rings is 1. The second-order valence-corrected chi connectivity index (χ2v) is 4.93. The van der Waals surface area contributed by atoms with Gasteiger partial charge in [-0.1, -0.05) is 23.7 Å². The maximum atomic E-state index is 10.7. The Morgan fingerprint density at radius 1 is 1.28 bits per heavy atom. The minimum atomic E-state index is -0.906. The Morgan fingerprint density at radius 3 is 2.33 bits per heavy atom. The molecule has 0 atom stereocenters. The first-order valence-electron chi connectivity index (χ1n) is 5.83. The van der Waals surface area contributed by atoms with Crippen LogP contribution in [0, 0.1) is 5.92 Å². The van der Waals surface area contributed by atoms with Crippen LogP contribution < -0.4 is 34.7 Å². The smallest absolute Gasteiger partial charge is 0.550 e. The van der Waals surface area contributed by atoms with Gasteiger partial charge in [-0.25, -0.2) is 0 Å². The van der Waals surface area contributed by atoms with Crippen molar-refractivity contribution in [2.45, 2.75) is 19.4 Å². The first kappa shape index (κ1) is 16.0. The molecule has 5 heteroatoms. The molecule has 0 aromatic heterocycles. The van der Waals surface area contributed by atoms with Gasteiger partial charge >= 0.3 is 29.6 Å². The number of hydrogen-bond donors (Lipinski definition) is 0. The largest absolute Gasteiger partial charge is 1.00 e. The van der Waals surface area contributed by atoms with Gasteiger partial charge in [-0.3, -0.25) is 4.90 Å². The summed E-state index contributed by atoms with van der Waals surface area (Å²) in [6.07, 6.45) is 1.38. The number of rotatable bonds is 3. The quantitative estimate of drug-likeness (QED) is 0.618. The van der Waals surface area contributed by atoms with Gasteiger partial charge in [0.05, 0.1) is 0 Å². The minimum absolute atomic E-state index is 0. The number of halogens is 1. The van der Waals surface area contributed by atoms with Crippen LogP contribution in [0.1, 0.15) is 18.4 Å². The molecule has 1 heterocycles. The first-order valence-corrected chi connectivity index (χ1v) is 6.20. The second-order valence-electron chi connectivity index (χ2n) is 4.50. The van der Waals surface area contributed by atoms with E-state index in [4.69, 9.17) is 11.6 Å². The fourth-order valence-corrected chi connectivity index (χ4v) is 2.30. The molecule has 1 aromatic rings. The zero-order valence-corrected chi connectivity index (χ0v) is 13.3. The number of aliphatic carboxylic acids is 1. The molecule has 3 nitrogen and oxygen atoms in total. The molecule has 0 N–H and O–H groups in total. The van der Waals surface area contributed by atoms with Crippen molar-refractivity contribution in [3.63, 3.8) is 0 Å². The molecule has 0 amide bonds. The molecule has 1 aliphatic rings. The van der Waals surface area contributed by atoms with Gasteiger partial charge in [0.1, 0.15) is 0 Å². The van der Waals surface area contributed by atoms with Crippen molar-refractivity contribution < 1.29 is 39.5 Å². The van der Waals surface area contributed by atoms with Crippen molar-refractivity contribution in [1.29, 1.82) is 0 Å². The zero-order valence-electron chi connectivity index (χ0n) is 10.6. The van der Waals surface area contributed by atoms with Crippen LogP contribution in [0.5, 0.6) is 0 Å². The normalized spacial score (nSPS) is 17.2. The van der Waals surface area contributed by atoms with Crippen molar-refractivity contribution in [1.82, 2.24) is 4.90 Å². The van der Waals surface area contributed by atoms with Crippen LogP contribution in [-0.2, 0) is 11.3 Å². The van der Waals surface area contributed by atoms with Crippen LogP contribution in [-0.4, -0.2) is 24.0 Å². The number of nitrogens with zero attached hydrogens (tertiary/aromatic N) is 1. The average Bonchev–Trinajstić information content (AvgIpc) is 2.33. The molecular weight excluding hydrogens is 261 g/mol. The molecule has 0 unspecified atom stereocenters. The molecule has 1 aliphatic heterocycles. The summed E-state index contributed by atoms with van der Waals surface area (Å²) in [5.41, 5.74) is 1.21. The van der Waals surface area contributed by atoms with E-state index >= 15 is 0 Å². The van der Waals surface area contributed by atoms with Crippen LogP contribution in [0.15, 0.2) is 24.3 Å². The number of carboxylic acid groups (broad SMARTS) is 1. The summed E-state index contributed by atoms with van der Waals surface area (Å²) in [5, 5.41) is 11.5. The topological polar surface area (TPSA) is 43.4 Å². The predicted molar refractivity (Wildman–Crippen MR) is 64.5 cm³/mol. The van der Waals surface area contributed by atoms with Gasteiger partial charge in [0.2, 0.25) is 0 Å². The van der Waals surface area contributed by atoms with E-state index < -0.39 is 5.97 Å². The Bertz CT molecular complexity index is 388. The van der Waals surface area contributed by atoms with Crippen molar-refractivity contribution in [3.8, 4) is 0 Å². The molecule has 18 heavy (non-hydrogen) atoms. The van der Waals surface area contributed by atoms with E-state index in [0.717, 1.165) is 24.7 Å². The average molecular weight is 276 g/mol. The maximum Gasteiger partial charge on any atom is 1.00 e. The van der Waals surface area contributed by atoms with Crippen LogP contribution >= 0.6 is 11.6 Å². The Morgan fingerprint density at radius 2 is 1.83 bits per heavy atom. The molecular formula is C13H15ClNNaO2. The van der Waals surface area contributed by atoms with Crippen molar-refractivity contribution in [3.05, 3.63) is 34.9 Å². The third-order valence-corrected chi connectivity index (χ3v) is 3.49. The van der Waals surface area contributed by atoms with Gasteiger partial charge in [-0.15, -0.1) is 0 Å². The zero-order chi connectivity index (χ0) is 12.3. The first-order chi connectivity index (χ1) is 8.15. The third-order valence-electron chi connectivity index (χ3n) is 3.24. The Labute approximate surface area is 134 Å². The number of benzene rings is 1. The number of carbonyl (C=O) groups excluding carboxylic acids is 1. The predicted octanol–water partition coefficient (Wildman–Crippen LogP) is -1.69. The molecule has 0 radical (unpaired) electrons. The summed E-state index contributed by atoms with van der Waals surface area (Å²) in [4.78, 5) is 13.0. The second kappa shape index (κ2) is 7.51. The summed E-state index contributed by atoms with van der Waals surface area (Å²) < 4.78 is 0. The van der Waals surface area contributed by atoms with E-state index in [1.54, 1.807) is 0 Å². The molecule has 0 bridgehead atoms. The van der Waals surface area contributed by atoms with Gasteiger partial charge in [0, 0.05) is 23.5 Å². The summed E-state index contributed by atoms with van der Waals surface area (Å²) in [5.74, 6) is -1.17. The van der Waals surface area contributed by atoms with Crippen molar-refractivity contribution >= 4 is 17.6 Å². The van der Waals surface area contributed by atoms with Crippen LogP contribution in [0.4, 0.5) is 0 Å². The molecule has 0 saturated carbocycles. The fourth-order valence-electron chi connectivity index (χ4n) is 2.17. The summed E-state index contributed by atoms with van der Waals surface area (Å²) in [6.45, 7) is 2.50. The number of hydrogen-bond acceptors (Lipinski definition) is 3. The van der Waals surface area contributed by atoms with Crippen LogP contribution in [0.25, 0.3) is 0 Å². The molecule has 0 spiro atoms. The third kappa shape index (κ3) is 4.56. The van der Waals surface area contributed by atoms with Crippen LogP contribution in [0.3, 0.4) is 0 Å². The summed E-state index contributed by atoms with van der Waals surface area (Å²) >= 11 is 5.82. The Hall–Kier alpha value is -0.0600. The van der Waals surface area contributed by atoms with Gasteiger partial charge in [0.25, 0.3) is 0 Å². The minimum Gasteiger partial charge on any atom is -0.550 e. The van der Waals surface area contributed by atoms with E-state index in [0.29, 0.717) is 12.8 Å². The molecule has 1 saturated heterocycles. The molecule has 92 valence electrons. The van der Waals surface area contributed by atoms with E-state index in [1.807, 2.05) is 24.3 Å². The number of carboxylic acids is 1. The monoisotopic (exact) mass is 275 g/mol. The fraction of sp³-hybridized carbons (Fsp3) is 0.462. The van der Waals surface area contributed by atoms with Crippen molar-refractivity contribution in [2.24, 2.45) is 5.92 Å². The molecule has 1 fully saturated rings. The van der Waals surface area contributed by atoms with E-state index in [2.05, 4.69) is 4.90 Å². The molecule has 1 aromatic carbocycles. The number of likely N-dealkylation sites (tertiary alicyclic amines) is 1. The van der Waals surface area contributed by atoms with E-state index in [9.17, 15) is 9.90 Å².